The van der Waals surface area contributed by atoms with Gasteiger partial charge in [-0.2, -0.15) is 0 Å². The van der Waals surface area contributed by atoms with E-state index in [2.05, 4.69) is 0 Å². The average molecular weight is 178 g/mol. The molecule has 2 rings (SSSR count). The third kappa shape index (κ3) is 3.60. The number of hydrogen-bond acceptors (Lipinski definition) is 1. The zero-order valence-electron chi connectivity index (χ0n) is 7.41. The Morgan fingerprint density at radius 1 is 1.31 bits per heavy atom. The average Bonchev–Trinajstić information content (AvgIpc) is 2.08. The summed E-state index contributed by atoms with van der Waals surface area (Å²) in [5.41, 5.74) is 0.201. The van der Waals surface area contributed by atoms with Crippen LogP contribution in [0.1, 0.15) is 19.3 Å². The van der Waals surface area contributed by atoms with Crippen molar-refractivity contribution in [1.82, 2.24) is 0 Å². The van der Waals surface area contributed by atoms with Gasteiger partial charge in [-0.3, -0.25) is 0 Å². The van der Waals surface area contributed by atoms with Gasteiger partial charge in [0, 0.05) is 0 Å². The van der Waals surface area contributed by atoms with E-state index in [9.17, 15) is 4.39 Å². The van der Waals surface area contributed by atoms with Crippen molar-refractivity contribution in [3.05, 3.63) is 30.1 Å². The normalized spacial score (nSPS) is 15.5. The van der Waals surface area contributed by atoms with Crippen LogP contribution in [0.2, 0.25) is 0 Å². The van der Waals surface area contributed by atoms with Crippen molar-refractivity contribution in [3.8, 4) is 0 Å². The number of rotatable bonds is 0. The summed E-state index contributed by atoms with van der Waals surface area (Å²) in [6.07, 6.45) is 3.39. The van der Waals surface area contributed by atoms with Gasteiger partial charge in [0.15, 0.2) is 0 Å². The van der Waals surface area contributed by atoms with Crippen molar-refractivity contribution in [2.75, 3.05) is 0 Å². The summed E-state index contributed by atoms with van der Waals surface area (Å²) in [4.78, 5) is 0. The Kier molecular flexibility index (Phi) is 3.96. The highest BCUT2D eigenvalue weighted by Crippen LogP contribution is 2.16. The van der Waals surface area contributed by atoms with Crippen LogP contribution in [0.3, 0.4) is 0 Å². The van der Waals surface area contributed by atoms with E-state index >= 15 is 0 Å². The number of aliphatic hydroxyl groups excluding tert-OH is 1. The van der Waals surface area contributed by atoms with Crippen LogP contribution >= 0.6 is 0 Å². The van der Waals surface area contributed by atoms with Gasteiger partial charge >= 0.3 is 0 Å². The van der Waals surface area contributed by atoms with E-state index in [-0.39, 0.29) is 17.4 Å². The van der Waals surface area contributed by atoms with Gasteiger partial charge in [0.1, 0.15) is 13.7 Å². The Bertz CT molecular complexity index is 240. The molecule has 1 aromatic carbocycles. The SMILES string of the molecule is OC1CCC1.[B]c1ccccc1F. The second-order valence-corrected chi connectivity index (χ2v) is 3.11. The first-order valence-corrected chi connectivity index (χ1v) is 4.38. The highest BCUT2D eigenvalue weighted by Gasteiger charge is 2.11. The zero-order valence-corrected chi connectivity index (χ0v) is 7.41. The molecule has 0 amide bonds. The van der Waals surface area contributed by atoms with Crippen molar-refractivity contribution < 1.29 is 9.50 Å². The molecule has 2 radical (unpaired) electrons. The summed E-state index contributed by atoms with van der Waals surface area (Å²) in [6, 6.07) is 6.15. The Balaban J connectivity index is 0.000000145. The van der Waals surface area contributed by atoms with Crippen molar-refractivity contribution in [2.24, 2.45) is 0 Å². The third-order valence-corrected chi connectivity index (χ3v) is 1.98. The van der Waals surface area contributed by atoms with E-state index in [0.717, 1.165) is 12.8 Å². The molecule has 1 N–H and O–H groups in total. The van der Waals surface area contributed by atoms with Gasteiger partial charge in [0.25, 0.3) is 0 Å². The maximum Gasteiger partial charge on any atom is 0.117 e. The molecular weight excluding hydrogens is 166 g/mol. The Hall–Kier alpha value is -0.825. The molecule has 1 saturated carbocycles. The predicted octanol–water partition coefficient (Wildman–Crippen LogP) is 1.15. The molecule has 0 atom stereocenters. The first-order chi connectivity index (χ1) is 6.20. The van der Waals surface area contributed by atoms with Crippen LogP contribution in [0.25, 0.3) is 0 Å². The largest absolute Gasteiger partial charge is 0.393 e. The third-order valence-electron chi connectivity index (χ3n) is 1.98. The Morgan fingerprint density at radius 2 is 1.85 bits per heavy atom. The maximum absolute atomic E-state index is 12.2. The summed E-state index contributed by atoms with van der Waals surface area (Å²) < 4.78 is 12.2. The van der Waals surface area contributed by atoms with Crippen molar-refractivity contribution in [2.45, 2.75) is 25.4 Å². The highest BCUT2D eigenvalue weighted by molar-refractivity contribution is 6.32. The summed E-state index contributed by atoms with van der Waals surface area (Å²) in [5.74, 6) is -0.354. The minimum absolute atomic E-state index is 0.0648. The number of halogens is 1. The summed E-state index contributed by atoms with van der Waals surface area (Å²) >= 11 is 0. The fourth-order valence-corrected chi connectivity index (χ4v) is 0.862. The van der Waals surface area contributed by atoms with E-state index < -0.39 is 0 Å². The Labute approximate surface area is 79.0 Å². The lowest BCUT2D eigenvalue weighted by Gasteiger charge is -2.17. The van der Waals surface area contributed by atoms with E-state index in [4.69, 9.17) is 13.0 Å². The molecule has 1 aliphatic rings. The van der Waals surface area contributed by atoms with Gasteiger partial charge in [-0.1, -0.05) is 23.7 Å². The molecule has 68 valence electrons. The zero-order chi connectivity index (χ0) is 9.68. The van der Waals surface area contributed by atoms with Gasteiger partial charge in [0.2, 0.25) is 0 Å². The number of hydrogen-bond donors (Lipinski definition) is 1. The van der Waals surface area contributed by atoms with Crippen molar-refractivity contribution >= 4 is 13.3 Å². The monoisotopic (exact) mass is 178 g/mol. The standard InChI is InChI=1S/C6H4BF.C4H8O/c7-5-3-1-2-4-6(5)8;5-4-2-1-3-4/h1-4H;4-5H,1-3H2. The predicted molar refractivity (Wildman–Crippen MR) is 51.6 cm³/mol. The van der Waals surface area contributed by atoms with Crippen LogP contribution in [0.15, 0.2) is 24.3 Å². The topological polar surface area (TPSA) is 20.2 Å². The Morgan fingerprint density at radius 3 is 2.08 bits per heavy atom. The molecule has 1 aliphatic carbocycles. The first-order valence-electron chi connectivity index (χ1n) is 4.38. The van der Waals surface area contributed by atoms with Crippen molar-refractivity contribution in [3.63, 3.8) is 0 Å². The maximum atomic E-state index is 12.2. The molecule has 1 nitrogen and oxygen atoms in total. The summed E-state index contributed by atoms with van der Waals surface area (Å²) in [6.45, 7) is 0. The molecule has 3 heteroatoms. The molecule has 0 bridgehead atoms. The molecule has 13 heavy (non-hydrogen) atoms. The van der Waals surface area contributed by atoms with Crippen LogP contribution in [0.5, 0.6) is 0 Å². The number of benzene rings is 1. The fourth-order valence-electron chi connectivity index (χ4n) is 0.862. The smallest absolute Gasteiger partial charge is 0.117 e. The molecule has 0 spiro atoms. The van der Waals surface area contributed by atoms with E-state index in [0.29, 0.717) is 0 Å². The molecule has 1 fully saturated rings. The second-order valence-electron chi connectivity index (χ2n) is 3.11. The lowest BCUT2D eigenvalue weighted by molar-refractivity contribution is 0.0950. The lowest BCUT2D eigenvalue weighted by atomic mass is 9.96. The second kappa shape index (κ2) is 5.02. The van der Waals surface area contributed by atoms with Gasteiger partial charge in [-0.25, -0.2) is 4.39 Å². The lowest BCUT2D eigenvalue weighted by Crippen LogP contribution is -2.15. The van der Waals surface area contributed by atoms with Crippen LogP contribution in [-0.4, -0.2) is 19.1 Å². The van der Waals surface area contributed by atoms with Crippen LogP contribution < -0.4 is 5.46 Å². The molecule has 1 aromatic rings. The van der Waals surface area contributed by atoms with Gasteiger partial charge < -0.3 is 5.11 Å². The minimum atomic E-state index is -0.354. The molecule has 0 aromatic heterocycles. The van der Waals surface area contributed by atoms with E-state index in [1.54, 1.807) is 12.1 Å². The summed E-state index contributed by atoms with van der Waals surface area (Å²) in [7, 11) is 5.14. The molecule has 0 unspecified atom stereocenters. The van der Waals surface area contributed by atoms with Gasteiger partial charge in [0.05, 0.1) is 6.10 Å². The minimum Gasteiger partial charge on any atom is -0.393 e. The molecule has 0 saturated heterocycles. The van der Waals surface area contributed by atoms with Crippen molar-refractivity contribution in [1.29, 1.82) is 0 Å². The molecule has 0 heterocycles. The molecular formula is C10H12BFO. The van der Waals surface area contributed by atoms with Gasteiger partial charge in [-0.15, -0.1) is 0 Å². The van der Waals surface area contributed by atoms with Crippen LogP contribution in [0.4, 0.5) is 4.39 Å². The van der Waals surface area contributed by atoms with E-state index in [1.165, 1.54) is 18.6 Å². The van der Waals surface area contributed by atoms with E-state index in [1.807, 2.05) is 0 Å². The van der Waals surface area contributed by atoms with Crippen LogP contribution in [-0.2, 0) is 0 Å². The van der Waals surface area contributed by atoms with Gasteiger partial charge in [-0.05, 0) is 25.3 Å². The quantitative estimate of drug-likeness (QED) is 0.590. The number of aliphatic hydroxyl groups is 1. The molecule has 0 aliphatic heterocycles. The fraction of sp³-hybridized carbons (Fsp3) is 0.400. The van der Waals surface area contributed by atoms with Crippen LogP contribution in [0, 0.1) is 5.82 Å². The first kappa shape index (κ1) is 10.3. The summed E-state index contributed by atoms with van der Waals surface area (Å²) in [5, 5.41) is 8.45. The highest BCUT2D eigenvalue weighted by atomic mass is 19.1.